The summed E-state index contributed by atoms with van der Waals surface area (Å²) in [6.07, 6.45) is 1.10. The fourth-order valence-corrected chi connectivity index (χ4v) is 4.82. The van der Waals surface area contributed by atoms with Crippen molar-refractivity contribution in [1.82, 2.24) is 10.2 Å². The van der Waals surface area contributed by atoms with Gasteiger partial charge >= 0.3 is 12.1 Å². The number of carbonyl (C=O) groups is 3. The molecule has 6 atom stereocenters. The van der Waals surface area contributed by atoms with Crippen molar-refractivity contribution in [3.8, 4) is 0 Å². The molecule has 1 heterocycles. The van der Waals surface area contributed by atoms with E-state index in [0.29, 0.717) is 13.0 Å². The zero-order valence-electron chi connectivity index (χ0n) is 25.2. The van der Waals surface area contributed by atoms with Gasteiger partial charge in [0.1, 0.15) is 22.8 Å². The molecule has 0 aromatic rings. The van der Waals surface area contributed by atoms with Crippen molar-refractivity contribution >= 4 is 18.0 Å². The van der Waals surface area contributed by atoms with Crippen molar-refractivity contribution in [3.05, 3.63) is 12.7 Å². The lowest BCUT2D eigenvalue weighted by atomic mass is 9.81. The van der Waals surface area contributed by atoms with Crippen LogP contribution in [0.4, 0.5) is 4.79 Å². The molecule has 0 aromatic heterocycles. The number of hydrogen-bond acceptors (Lipinski definition) is 8. The lowest BCUT2D eigenvalue weighted by Gasteiger charge is -2.45. The predicted molar refractivity (Wildman–Crippen MR) is 144 cm³/mol. The summed E-state index contributed by atoms with van der Waals surface area (Å²) in [6, 6.07) is -2.50. The molecule has 0 bridgehead atoms. The highest BCUT2D eigenvalue weighted by Gasteiger charge is 2.56. The van der Waals surface area contributed by atoms with E-state index in [-0.39, 0.29) is 18.9 Å². The van der Waals surface area contributed by atoms with Crippen LogP contribution in [-0.4, -0.2) is 84.4 Å². The summed E-state index contributed by atoms with van der Waals surface area (Å²) in [5.74, 6) is -1.28. The van der Waals surface area contributed by atoms with Crippen LogP contribution < -0.4 is 5.32 Å². The number of ether oxygens (including phenoxy) is 5. The molecule has 1 N–H and O–H groups in total. The zero-order chi connectivity index (χ0) is 29.5. The molecule has 0 saturated carbocycles. The van der Waals surface area contributed by atoms with Gasteiger partial charge in [0.05, 0.1) is 18.7 Å². The summed E-state index contributed by atoms with van der Waals surface area (Å²) in [7, 11) is 1.53. The molecular weight excluding hydrogens is 492 g/mol. The summed E-state index contributed by atoms with van der Waals surface area (Å²) in [5, 5.41) is 2.99. The number of carbonyl (C=O) groups excluding carboxylic acids is 3. The Balaban J connectivity index is 3.77. The number of amides is 2. The molecule has 1 fully saturated rings. The maximum atomic E-state index is 13.8. The first-order valence-electron chi connectivity index (χ1n) is 13.4. The van der Waals surface area contributed by atoms with Gasteiger partial charge in [0.15, 0.2) is 6.29 Å². The van der Waals surface area contributed by atoms with Gasteiger partial charge in [0, 0.05) is 26.6 Å². The Bertz CT molecular complexity index is 813. The van der Waals surface area contributed by atoms with Gasteiger partial charge in [-0.2, -0.15) is 0 Å². The van der Waals surface area contributed by atoms with Gasteiger partial charge in [0.25, 0.3) is 0 Å². The van der Waals surface area contributed by atoms with Crippen LogP contribution in [0.5, 0.6) is 0 Å². The van der Waals surface area contributed by atoms with Gasteiger partial charge < -0.3 is 29.0 Å². The van der Waals surface area contributed by atoms with Crippen molar-refractivity contribution in [3.63, 3.8) is 0 Å². The fourth-order valence-electron chi connectivity index (χ4n) is 4.82. The average molecular weight is 543 g/mol. The van der Waals surface area contributed by atoms with Gasteiger partial charge in [-0.15, -0.1) is 6.58 Å². The summed E-state index contributed by atoms with van der Waals surface area (Å²) < 4.78 is 29.0. The minimum atomic E-state index is -1.05. The van der Waals surface area contributed by atoms with Gasteiger partial charge in [-0.25, -0.2) is 9.59 Å². The normalized spacial score (nSPS) is 23.2. The molecule has 1 rings (SSSR count). The molecule has 1 saturated heterocycles. The lowest BCUT2D eigenvalue weighted by molar-refractivity contribution is -0.161. The second kappa shape index (κ2) is 13.8. The highest BCUT2D eigenvalue weighted by Crippen LogP contribution is 2.40. The SMILES string of the molecule is C=C[C@@](CC)(OC)C(NC(C)=O)[C@H]1[C@H](COC(C)OCC)C[C@H](C(=O)OC(C)(C)C)N1C(=O)OC(C)(C)C. The van der Waals surface area contributed by atoms with Crippen LogP contribution in [0.1, 0.15) is 82.1 Å². The first-order valence-corrected chi connectivity index (χ1v) is 13.4. The summed E-state index contributed by atoms with van der Waals surface area (Å²) in [5.41, 5.74) is -2.66. The van der Waals surface area contributed by atoms with E-state index in [1.54, 1.807) is 54.5 Å². The molecule has 10 nitrogen and oxygen atoms in total. The van der Waals surface area contributed by atoms with Gasteiger partial charge in [0.2, 0.25) is 5.91 Å². The number of methoxy groups -OCH3 is 1. The number of likely N-dealkylation sites (tertiary alicyclic amines) is 1. The molecule has 0 spiro atoms. The van der Waals surface area contributed by atoms with Crippen LogP contribution in [0.25, 0.3) is 0 Å². The van der Waals surface area contributed by atoms with E-state index in [1.807, 2.05) is 13.8 Å². The third-order valence-electron chi connectivity index (χ3n) is 6.40. The third kappa shape index (κ3) is 9.24. The van der Waals surface area contributed by atoms with Crippen LogP contribution >= 0.6 is 0 Å². The van der Waals surface area contributed by atoms with Crippen LogP contribution in [0.3, 0.4) is 0 Å². The molecule has 1 aliphatic rings. The number of rotatable bonds is 12. The minimum Gasteiger partial charge on any atom is -0.458 e. The summed E-state index contributed by atoms with van der Waals surface area (Å²) in [4.78, 5) is 41.2. The van der Waals surface area contributed by atoms with Gasteiger partial charge in [-0.3, -0.25) is 9.69 Å². The van der Waals surface area contributed by atoms with Crippen molar-refractivity contribution in [1.29, 1.82) is 0 Å². The zero-order valence-corrected chi connectivity index (χ0v) is 25.2. The second-order valence-electron chi connectivity index (χ2n) is 11.7. The molecule has 2 amide bonds. The van der Waals surface area contributed by atoms with Crippen molar-refractivity contribution < 1.29 is 38.1 Å². The monoisotopic (exact) mass is 542 g/mol. The Morgan fingerprint density at radius 3 is 2.05 bits per heavy atom. The Hall–Kier alpha value is -2.17. The van der Waals surface area contributed by atoms with E-state index in [0.717, 1.165) is 0 Å². The van der Waals surface area contributed by atoms with E-state index in [2.05, 4.69) is 11.9 Å². The second-order valence-corrected chi connectivity index (χ2v) is 11.7. The molecule has 0 aromatic carbocycles. The lowest BCUT2D eigenvalue weighted by Crippen LogP contribution is -2.65. The Morgan fingerprint density at radius 1 is 1.05 bits per heavy atom. The average Bonchev–Trinajstić information content (AvgIpc) is 3.15. The quantitative estimate of drug-likeness (QED) is 0.222. The summed E-state index contributed by atoms with van der Waals surface area (Å²) >= 11 is 0. The highest BCUT2D eigenvalue weighted by molar-refractivity contribution is 5.83. The van der Waals surface area contributed by atoms with E-state index >= 15 is 0 Å². The third-order valence-corrected chi connectivity index (χ3v) is 6.40. The van der Waals surface area contributed by atoms with E-state index < -0.39 is 59.2 Å². The van der Waals surface area contributed by atoms with Gasteiger partial charge in [-0.05, 0) is 68.2 Å². The minimum absolute atomic E-state index is 0.154. The predicted octanol–water partition coefficient (Wildman–Crippen LogP) is 4.21. The Labute approximate surface area is 228 Å². The van der Waals surface area contributed by atoms with Crippen LogP contribution in [0.2, 0.25) is 0 Å². The largest absolute Gasteiger partial charge is 0.458 e. The molecule has 220 valence electrons. The number of nitrogens with zero attached hydrogens (tertiary/aromatic N) is 1. The van der Waals surface area contributed by atoms with Crippen LogP contribution in [0, 0.1) is 5.92 Å². The van der Waals surface area contributed by atoms with E-state index in [1.165, 1.54) is 18.9 Å². The fraction of sp³-hybridized carbons (Fsp3) is 0.821. The van der Waals surface area contributed by atoms with Crippen molar-refractivity contribution in [2.75, 3.05) is 20.3 Å². The number of nitrogens with one attached hydrogen (secondary N) is 1. The van der Waals surface area contributed by atoms with Crippen LogP contribution in [-0.2, 0) is 33.3 Å². The standard InChI is InChI=1S/C28H50N2O8/c1-13-28(14-2,34-12)23(29-18(4)31)22-20(17-36-19(5)35-15-3)16-21(24(32)37-26(6,7)8)30(22)25(33)38-27(9,10)11/h13,19-23H,1,14-17H2,2-12H3,(H,29,31)/t19?,20-,21+,22+,23?,28-/m0/s1. The molecular formula is C28H50N2O8. The van der Waals surface area contributed by atoms with Crippen LogP contribution in [0.15, 0.2) is 12.7 Å². The maximum Gasteiger partial charge on any atom is 0.411 e. The maximum absolute atomic E-state index is 13.8. The van der Waals surface area contributed by atoms with E-state index in [9.17, 15) is 14.4 Å². The molecule has 1 aliphatic heterocycles. The van der Waals surface area contributed by atoms with E-state index in [4.69, 9.17) is 23.7 Å². The molecule has 0 aliphatic carbocycles. The number of hydrogen-bond donors (Lipinski definition) is 1. The topological polar surface area (TPSA) is 113 Å². The number of esters is 1. The highest BCUT2D eigenvalue weighted by atomic mass is 16.7. The first kappa shape index (κ1) is 33.9. The van der Waals surface area contributed by atoms with Crippen molar-refractivity contribution in [2.45, 2.75) is 123 Å². The molecule has 38 heavy (non-hydrogen) atoms. The van der Waals surface area contributed by atoms with Crippen molar-refractivity contribution in [2.24, 2.45) is 5.92 Å². The molecule has 2 unspecified atom stereocenters. The summed E-state index contributed by atoms with van der Waals surface area (Å²) in [6.45, 7) is 22.1. The molecule has 0 radical (unpaired) electrons. The Morgan fingerprint density at radius 2 is 1.63 bits per heavy atom. The molecule has 10 heteroatoms. The Kier molecular flexibility index (Phi) is 12.3. The van der Waals surface area contributed by atoms with Gasteiger partial charge in [-0.1, -0.05) is 13.0 Å². The first-order chi connectivity index (χ1) is 17.4. The smallest absolute Gasteiger partial charge is 0.411 e.